The first-order chi connectivity index (χ1) is 7.41. The van der Waals surface area contributed by atoms with Gasteiger partial charge in [0.1, 0.15) is 0 Å². The highest BCUT2D eigenvalue weighted by Gasteiger charge is 2.14. The summed E-state index contributed by atoms with van der Waals surface area (Å²) >= 11 is 0. The average Bonchev–Trinajstić information content (AvgIpc) is 2.18. The van der Waals surface area contributed by atoms with E-state index in [1.165, 1.54) is 6.08 Å². The SMILES string of the molecule is CC(C)=CC(=O)Nc1ccc(F)c(F)c1F. The van der Waals surface area contributed by atoms with Gasteiger partial charge in [-0.1, -0.05) is 5.57 Å². The van der Waals surface area contributed by atoms with Crippen molar-refractivity contribution < 1.29 is 18.0 Å². The Morgan fingerprint density at radius 3 is 2.38 bits per heavy atom. The molecule has 86 valence electrons. The summed E-state index contributed by atoms with van der Waals surface area (Å²) in [4.78, 5) is 11.2. The fourth-order valence-corrected chi connectivity index (χ4v) is 1.05. The molecule has 0 aliphatic carbocycles. The predicted octanol–water partition coefficient (Wildman–Crippen LogP) is 3.01. The molecular formula is C11H10F3NO. The van der Waals surface area contributed by atoms with Gasteiger partial charge in [-0.05, 0) is 26.0 Å². The first-order valence-electron chi connectivity index (χ1n) is 4.51. The van der Waals surface area contributed by atoms with Gasteiger partial charge in [0, 0.05) is 6.08 Å². The van der Waals surface area contributed by atoms with E-state index in [2.05, 4.69) is 5.32 Å². The molecule has 5 heteroatoms. The molecule has 0 spiro atoms. The van der Waals surface area contributed by atoms with Gasteiger partial charge in [0.25, 0.3) is 0 Å². The summed E-state index contributed by atoms with van der Waals surface area (Å²) in [6.45, 7) is 3.36. The summed E-state index contributed by atoms with van der Waals surface area (Å²) in [6.07, 6.45) is 1.22. The van der Waals surface area contributed by atoms with Gasteiger partial charge >= 0.3 is 0 Å². The normalized spacial score (nSPS) is 9.81. The summed E-state index contributed by atoms with van der Waals surface area (Å²) in [5, 5.41) is 2.11. The van der Waals surface area contributed by atoms with Crippen LogP contribution in [0.2, 0.25) is 0 Å². The molecule has 1 amide bonds. The number of halogens is 3. The van der Waals surface area contributed by atoms with Crippen molar-refractivity contribution in [3.8, 4) is 0 Å². The molecule has 0 heterocycles. The highest BCUT2D eigenvalue weighted by atomic mass is 19.2. The Hall–Kier alpha value is -1.78. The van der Waals surface area contributed by atoms with E-state index in [1.54, 1.807) is 13.8 Å². The number of hydrogen-bond donors (Lipinski definition) is 1. The van der Waals surface area contributed by atoms with E-state index in [-0.39, 0.29) is 5.69 Å². The topological polar surface area (TPSA) is 29.1 Å². The van der Waals surface area contributed by atoms with Crippen LogP contribution in [0.3, 0.4) is 0 Å². The Bertz CT molecular complexity index is 451. The molecule has 0 atom stereocenters. The van der Waals surface area contributed by atoms with Gasteiger partial charge in [-0.25, -0.2) is 13.2 Å². The van der Waals surface area contributed by atoms with Gasteiger partial charge < -0.3 is 5.32 Å². The van der Waals surface area contributed by atoms with Crippen LogP contribution in [0.25, 0.3) is 0 Å². The van der Waals surface area contributed by atoms with Gasteiger partial charge in [0.15, 0.2) is 17.5 Å². The molecule has 0 bridgehead atoms. The molecule has 0 fully saturated rings. The van der Waals surface area contributed by atoms with Crippen molar-refractivity contribution in [2.75, 3.05) is 5.32 Å². The smallest absolute Gasteiger partial charge is 0.248 e. The average molecular weight is 229 g/mol. The van der Waals surface area contributed by atoms with Gasteiger partial charge in [0.2, 0.25) is 5.91 Å². The molecule has 0 aliphatic heterocycles. The zero-order valence-corrected chi connectivity index (χ0v) is 8.77. The van der Waals surface area contributed by atoms with Crippen molar-refractivity contribution >= 4 is 11.6 Å². The lowest BCUT2D eigenvalue weighted by molar-refractivity contribution is -0.112. The van der Waals surface area contributed by atoms with E-state index < -0.39 is 23.4 Å². The fourth-order valence-electron chi connectivity index (χ4n) is 1.05. The number of carbonyl (C=O) groups is 1. The van der Waals surface area contributed by atoms with E-state index in [0.29, 0.717) is 5.57 Å². The maximum Gasteiger partial charge on any atom is 0.248 e. The number of rotatable bonds is 2. The van der Waals surface area contributed by atoms with Crippen LogP contribution < -0.4 is 5.32 Å². The van der Waals surface area contributed by atoms with Crippen LogP contribution in [0.1, 0.15) is 13.8 Å². The number of anilines is 1. The van der Waals surface area contributed by atoms with Crippen LogP contribution in [0.5, 0.6) is 0 Å². The summed E-state index contributed by atoms with van der Waals surface area (Å²) < 4.78 is 38.5. The van der Waals surface area contributed by atoms with Crippen LogP contribution in [0.4, 0.5) is 18.9 Å². The lowest BCUT2D eigenvalue weighted by Crippen LogP contribution is -2.11. The zero-order valence-electron chi connectivity index (χ0n) is 8.77. The molecule has 16 heavy (non-hydrogen) atoms. The molecule has 1 aromatic carbocycles. The number of nitrogens with one attached hydrogen (secondary N) is 1. The quantitative estimate of drug-likeness (QED) is 0.613. The van der Waals surface area contributed by atoms with E-state index in [0.717, 1.165) is 12.1 Å². The number of carbonyl (C=O) groups excluding carboxylic acids is 1. The summed E-state index contributed by atoms with van der Waals surface area (Å²) in [6, 6.07) is 1.71. The van der Waals surface area contributed by atoms with Crippen molar-refractivity contribution in [2.45, 2.75) is 13.8 Å². The van der Waals surface area contributed by atoms with Crippen LogP contribution in [-0.4, -0.2) is 5.91 Å². The Morgan fingerprint density at radius 1 is 1.19 bits per heavy atom. The van der Waals surface area contributed by atoms with Crippen molar-refractivity contribution in [3.63, 3.8) is 0 Å². The highest BCUT2D eigenvalue weighted by molar-refractivity contribution is 5.99. The molecule has 1 N–H and O–H groups in total. The third-order valence-electron chi connectivity index (χ3n) is 1.71. The minimum atomic E-state index is -1.60. The van der Waals surface area contributed by atoms with Crippen molar-refractivity contribution in [3.05, 3.63) is 41.2 Å². The Morgan fingerprint density at radius 2 is 1.81 bits per heavy atom. The molecular weight excluding hydrogens is 219 g/mol. The first-order valence-corrected chi connectivity index (χ1v) is 4.51. The standard InChI is InChI=1S/C11H10F3NO/c1-6(2)5-9(16)15-8-4-3-7(12)10(13)11(8)14/h3-5H,1-2H3,(H,15,16). The van der Waals surface area contributed by atoms with Gasteiger partial charge in [0.05, 0.1) is 5.69 Å². The Balaban J connectivity index is 2.95. The second kappa shape index (κ2) is 4.83. The van der Waals surface area contributed by atoms with E-state index in [9.17, 15) is 18.0 Å². The van der Waals surface area contributed by atoms with E-state index in [1.807, 2.05) is 0 Å². The molecule has 0 saturated carbocycles. The minimum absolute atomic E-state index is 0.388. The molecule has 0 radical (unpaired) electrons. The summed E-state index contributed by atoms with van der Waals surface area (Å²) in [5.74, 6) is -4.90. The monoisotopic (exact) mass is 229 g/mol. The molecule has 2 nitrogen and oxygen atoms in total. The zero-order chi connectivity index (χ0) is 12.3. The van der Waals surface area contributed by atoms with Crippen LogP contribution >= 0.6 is 0 Å². The van der Waals surface area contributed by atoms with E-state index in [4.69, 9.17) is 0 Å². The molecule has 0 aromatic heterocycles. The maximum atomic E-state index is 13.1. The first kappa shape index (κ1) is 12.3. The predicted molar refractivity (Wildman–Crippen MR) is 54.4 cm³/mol. The van der Waals surface area contributed by atoms with Gasteiger partial charge in [-0.15, -0.1) is 0 Å². The summed E-state index contributed by atoms with van der Waals surface area (Å²) in [7, 11) is 0. The third-order valence-corrected chi connectivity index (χ3v) is 1.71. The van der Waals surface area contributed by atoms with Crippen LogP contribution in [0.15, 0.2) is 23.8 Å². The number of amides is 1. The lowest BCUT2D eigenvalue weighted by atomic mass is 10.2. The Kier molecular flexibility index (Phi) is 3.71. The van der Waals surface area contributed by atoms with E-state index >= 15 is 0 Å². The lowest BCUT2D eigenvalue weighted by Gasteiger charge is -2.05. The van der Waals surface area contributed by atoms with Crippen LogP contribution in [0, 0.1) is 17.5 Å². The third kappa shape index (κ3) is 2.85. The highest BCUT2D eigenvalue weighted by Crippen LogP contribution is 2.19. The molecule has 0 aliphatic rings. The summed E-state index contributed by atoms with van der Waals surface area (Å²) in [5.41, 5.74) is 0.321. The Labute approximate surface area is 90.8 Å². The maximum absolute atomic E-state index is 13.1. The number of benzene rings is 1. The molecule has 0 unspecified atom stereocenters. The number of allylic oxidation sites excluding steroid dienone is 1. The fraction of sp³-hybridized carbons (Fsp3) is 0.182. The van der Waals surface area contributed by atoms with Crippen molar-refractivity contribution in [2.24, 2.45) is 0 Å². The van der Waals surface area contributed by atoms with Gasteiger partial charge in [-0.2, -0.15) is 0 Å². The van der Waals surface area contributed by atoms with Crippen molar-refractivity contribution in [1.29, 1.82) is 0 Å². The second-order valence-corrected chi connectivity index (χ2v) is 3.43. The second-order valence-electron chi connectivity index (χ2n) is 3.43. The number of hydrogen-bond acceptors (Lipinski definition) is 1. The molecule has 1 aromatic rings. The van der Waals surface area contributed by atoms with Crippen molar-refractivity contribution in [1.82, 2.24) is 0 Å². The van der Waals surface area contributed by atoms with Crippen LogP contribution in [-0.2, 0) is 4.79 Å². The molecule has 0 saturated heterocycles. The molecule has 1 rings (SSSR count). The minimum Gasteiger partial charge on any atom is -0.320 e. The van der Waals surface area contributed by atoms with Gasteiger partial charge in [-0.3, -0.25) is 4.79 Å². The largest absolute Gasteiger partial charge is 0.320 e.